The number of nitrogens with two attached hydrogens (primary N) is 1. The van der Waals surface area contributed by atoms with Crippen LogP contribution in [0.4, 0.5) is 0 Å². The van der Waals surface area contributed by atoms with Crippen molar-refractivity contribution in [3.05, 3.63) is 0 Å². The van der Waals surface area contributed by atoms with E-state index in [2.05, 4.69) is 44.4 Å². The van der Waals surface area contributed by atoms with Gasteiger partial charge in [0, 0.05) is 35.7 Å². The fourth-order valence-corrected chi connectivity index (χ4v) is 3.59. The lowest BCUT2D eigenvalue weighted by molar-refractivity contribution is 0.201. The van der Waals surface area contributed by atoms with E-state index in [4.69, 9.17) is 5.73 Å². The Bertz CT molecular complexity index is 202. The summed E-state index contributed by atoms with van der Waals surface area (Å²) in [6, 6.07) is 0. The summed E-state index contributed by atoms with van der Waals surface area (Å²) in [4.78, 5) is 2.53. The van der Waals surface area contributed by atoms with Gasteiger partial charge in [-0.15, -0.1) is 0 Å². The number of thioether (sulfide) groups is 1. The molecular weight excluding hydrogens is 204 g/mol. The van der Waals surface area contributed by atoms with Crippen molar-refractivity contribution in [1.82, 2.24) is 4.90 Å². The maximum Gasteiger partial charge on any atom is 0.0254 e. The van der Waals surface area contributed by atoms with Crippen LogP contribution in [0.5, 0.6) is 0 Å². The Balaban J connectivity index is 2.44. The van der Waals surface area contributed by atoms with Gasteiger partial charge < -0.3 is 5.73 Å². The monoisotopic (exact) mass is 230 g/mol. The third kappa shape index (κ3) is 4.75. The quantitative estimate of drug-likeness (QED) is 0.804. The smallest absolute Gasteiger partial charge is 0.0254 e. The van der Waals surface area contributed by atoms with Gasteiger partial charge in [-0.2, -0.15) is 11.8 Å². The summed E-state index contributed by atoms with van der Waals surface area (Å²) in [5.74, 6) is 1.25. The Morgan fingerprint density at radius 2 is 2.13 bits per heavy atom. The Morgan fingerprint density at radius 3 is 2.67 bits per heavy atom. The van der Waals surface area contributed by atoms with Crippen LogP contribution >= 0.6 is 11.8 Å². The molecule has 0 radical (unpaired) electrons. The number of hydrogen-bond acceptors (Lipinski definition) is 3. The fourth-order valence-electron chi connectivity index (χ4n) is 2.41. The molecule has 0 amide bonds. The molecule has 3 heteroatoms. The third-order valence-electron chi connectivity index (χ3n) is 2.91. The number of rotatable bonds is 4. The topological polar surface area (TPSA) is 29.3 Å². The van der Waals surface area contributed by atoms with E-state index in [-0.39, 0.29) is 5.54 Å². The van der Waals surface area contributed by atoms with Gasteiger partial charge in [0.15, 0.2) is 0 Å². The minimum Gasteiger partial charge on any atom is -0.324 e. The van der Waals surface area contributed by atoms with Crippen molar-refractivity contribution >= 4 is 11.8 Å². The second-order valence-corrected chi connectivity index (χ2v) is 7.52. The fraction of sp³-hybridized carbons (Fsp3) is 1.00. The molecule has 0 aromatic carbocycles. The lowest BCUT2D eigenvalue weighted by Gasteiger charge is -2.41. The van der Waals surface area contributed by atoms with Crippen LogP contribution in [0.1, 0.15) is 40.5 Å². The average molecular weight is 230 g/mol. The summed E-state index contributed by atoms with van der Waals surface area (Å²) in [7, 11) is 0. The van der Waals surface area contributed by atoms with Gasteiger partial charge in [-0.05, 0) is 27.2 Å². The average Bonchev–Trinajstić information content (AvgIpc) is 1.99. The van der Waals surface area contributed by atoms with Gasteiger partial charge in [0.2, 0.25) is 0 Å². The van der Waals surface area contributed by atoms with Gasteiger partial charge in [0.1, 0.15) is 0 Å². The van der Waals surface area contributed by atoms with Crippen molar-refractivity contribution in [1.29, 1.82) is 0 Å². The first-order valence-electron chi connectivity index (χ1n) is 6.00. The van der Waals surface area contributed by atoms with E-state index in [9.17, 15) is 0 Å². The van der Waals surface area contributed by atoms with Crippen LogP contribution in [-0.2, 0) is 0 Å². The van der Waals surface area contributed by atoms with Gasteiger partial charge in [0.05, 0.1) is 0 Å². The predicted octanol–water partition coefficient (Wildman–Crippen LogP) is 2.33. The molecule has 1 aliphatic rings. The third-order valence-corrected chi connectivity index (χ3v) is 4.21. The summed E-state index contributed by atoms with van der Waals surface area (Å²) >= 11 is 2.08. The van der Waals surface area contributed by atoms with E-state index in [1.807, 2.05) is 0 Å². The standard InChI is InChI=1S/C12H26N2S/c1-5-6-12(4,13)10-14-7-8-15-11(2,3)9-14/h5-10,13H2,1-4H3. The van der Waals surface area contributed by atoms with E-state index >= 15 is 0 Å². The van der Waals surface area contributed by atoms with Crippen LogP contribution in [0.3, 0.4) is 0 Å². The second-order valence-electron chi connectivity index (χ2n) is 5.72. The highest BCUT2D eigenvalue weighted by Gasteiger charge is 2.30. The first kappa shape index (κ1) is 13.3. The molecule has 1 rings (SSSR count). The zero-order valence-electron chi connectivity index (χ0n) is 10.7. The minimum atomic E-state index is -0.00711. The van der Waals surface area contributed by atoms with Crippen LogP contribution in [0, 0.1) is 0 Å². The van der Waals surface area contributed by atoms with E-state index < -0.39 is 0 Å². The van der Waals surface area contributed by atoms with Crippen molar-refractivity contribution in [2.24, 2.45) is 5.73 Å². The van der Waals surface area contributed by atoms with Crippen molar-refractivity contribution in [2.75, 3.05) is 25.4 Å². The Hall–Kier alpha value is 0.270. The molecule has 1 fully saturated rings. The Morgan fingerprint density at radius 1 is 1.47 bits per heavy atom. The van der Waals surface area contributed by atoms with E-state index in [1.54, 1.807) is 0 Å². The highest BCUT2D eigenvalue weighted by atomic mass is 32.2. The summed E-state index contributed by atoms with van der Waals surface area (Å²) in [6.45, 7) is 12.5. The molecule has 1 atom stereocenters. The highest BCUT2D eigenvalue weighted by Crippen LogP contribution is 2.30. The summed E-state index contributed by atoms with van der Waals surface area (Å²) < 4.78 is 0.403. The van der Waals surface area contributed by atoms with Crippen LogP contribution in [0.2, 0.25) is 0 Å². The van der Waals surface area contributed by atoms with E-state index in [0.717, 1.165) is 13.0 Å². The number of hydrogen-bond donors (Lipinski definition) is 1. The lowest BCUT2D eigenvalue weighted by Crippen LogP contribution is -2.53. The van der Waals surface area contributed by atoms with Gasteiger partial charge in [0.25, 0.3) is 0 Å². The molecule has 0 saturated carbocycles. The molecular formula is C12H26N2S. The molecule has 1 unspecified atom stereocenters. The van der Waals surface area contributed by atoms with Crippen LogP contribution in [0.25, 0.3) is 0 Å². The van der Waals surface area contributed by atoms with Gasteiger partial charge in [-0.25, -0.2) is 0 Å². The predicted molar refractivity (Wildman–Crippen MR) is 70.5 cm³/mol. The Labute approximate surface area is 99.0 Å². The SMILES string of the molecule is CCCC(C)(N)CN1CCSC(C)(C)C1. The first-order valence-corrected chi connectivity index (χ1v) is 6.98. The normalized spacial score (nSPS) is 26.2. The molecule has 0 spiro atoms. The van der Waals surface area contributed by atoms with Crippen LogP contribution in [-0.4, -0.2) is 40.6 Å². The maximum atomic E-state index is 6.30. The lowest BCUT2D eigenvalue weighted by atomic mass is 9.96. The molecule has 90 valence electrons. The molecule has 0 aromatic rings. The van der Waals surface area contributed by atoms with Gasteiger partial charge in [-0.3, -0.25) is 4.90 Å². The summed E-state index contributed by atoms with van der Waals surface area (Å²) in [5.41, 5.74) is 6.29. The maximum absolute atomic E-state index is 6.30. The van der Waals surface area contributed by atoms with Crippen molar-refractivity contribution in [3.63, 3.8) is 0 Å². The first-order chi connectivity index (χ1) is 6.85. The molecule has 15 heavy (non-hydrogen) atoms. The molecule has 1 saturated heterocycles. The van der Waals surface area contributed by atoms with Crippen LogP contribution < -0.4 is 5.73 Å². The molecule has 2 N–H and O–H groups in total. The second kappa shape index (κ2) is 5.07. The largest absolute Gasteiger partial charge is 0.324 e. The zero-order chi connectivity index (χ0) is 11.5. The van der Waals surface area contributed by atoms with Gasteiger partial charge >= 0.3 is 0 Å². The van der Waals surface area contributed by atoms with Crippen LogP contribution in [0.15, 0.2) is 0 Å². The molecule has 0 aromatic heterocycles. The van der Waals surface area contributed by atoms with Crippen molar-refractivity contribution in [3.8, 4) is 0 Å². The van der Waals surface area contributed by atoms with E-state index in [0.29, 0.717) is 4.75 Å². The summed E-state index contributed by atoms with van der Waals surface area (Å²) in [5, 5.41) is 0. The zero-order valence-corrected chi connectivity index (χ0v) is 11.5. The van der Waals surface area contributed by atoms with Gasteiger partial charge in [-0.1, -0.05) is 13.3 Å². The molecule has 0 bridgehead atoms. The van der Waals surface area contributed by atoms with E-state index in [1.165, 1.54) is 25.3 Å². The molecule has 0 aliphatic carbocycles. The van der Waals surface area contributed by atoms with Crippen molar-refractivity contribution < 1.29 is 0 Å². The highest BCUT2D eigenvalue weighted by molar-refractivity contribution is 8.00. The number of nitrogens with zero attached hydrogens (tertiary/aromatic N) is 1. The minimum absolute atomic E-state index is 0.00711. The molecule has 2 nitrogen and oxygen atoms in total. The molecule has 1 aliphatic heterocycles. The van der Waals surface area contributed by atoms with Crippen molar-refractivity contribution in [2.45, 2.75) is 50.8 Å². The summed E-state index contributed by atoms with van der Waals surface area (Å²) in [6.07, 6.45) is 2.30. The Kier molecular flexibility index (Phi) is 4.50. The molecule has 1 heterocycles.